The highest BCUT2D eigenvalue weighted by Gasteiger charge is 2.09. The zero-order valence-electron chi connectivity index (χ0n) is 15.2. The third kappa shape index (κ3) is 3.73. The minimum Gasteiger partial charge on any atom is -0.266 e. The van der Waals surface area contributed by atoms with E-state index in [1.165, 1.54) is 21.4 Å². The van der Waals surface area contributed by atoms with E-state index in [1.54, 1.807) is 0 Å². The predicted molar refractivity (Wildman–Crippen MR) is 112 cm³/mol. The Bertz CT molecular complexity index is 1200. The Labute approximate surface area is 161 Å². The minimum atomic E-state index is -0.130. The van der Waals surface area contributed by atoms with Crippen LogP contribution in [-0.2, 0) is 0 Å². The zero-order chi connectivity index (χ0) is 18.8. The second kappa shape index (κ2) is 7.29. The van der Waals surface area contributed by atoms with Crippen molar-refractivity contribution in [2.45, 2.75) is 19.8 Å². The standard InChI is InChI=1S/C22H19N3OS/c1-15(2)18-11-8-17(9-12-18)14-19-21(26)25-22(27-19)23-20(24-25)13-10-16-6-4-3-5-7-16/h3-15H,1-2H3. The van der Waals surface area contributed by atoms with Crippen molar-refractivity contribution in [3.8, 4) is 0 Å². The van der Waals surface area contributed by atoms with Gasteiger partial charge >= 0.3 is 0 Å². The molecule has 0 amide bonds. The fourth-order valence-corrected chi connectivity index (χ4v) is 3.70. The summed E-state index contributed by atoms with van der Waals surface area (Å²) >= 11 is 1.36. The number of benzene rings is 2. The second-order valence-electron chi connectivity index (χ2n) is 6.65. The molecule has 0 aliphatic carbocycles. The van der Waals surface area contributed by atoms with Gasteiger partial charge in [0.1, 0.15) is 0 Å². The van der Waals surface area contributed by atoms with Crippen LogP contribution in [0.2, 0.25) is 0 Å². The highest BCUT2D eigenvalue weighted by atomic mass is 32.1. The van der Waals surface area contributed by atoms with Crippen molar-refractivity contribution in [1.82, 2.24) is 14.6 Å². The lowest BCUT2D eigenvalue weighted by Crippen LogP contribution is -2.23. The highest BCUT2D eigenvalue weighted by Crippen LogP contribution is 2.15. The van der Waals surface area contributed by atoms with Gasteiger partial charge in [0.25, 0.3) is 5.56 Å². The Morgan fingerprint density at radius 2 is 1.70 bits per heavy atom. The van der Waals surface area contributed by atoms with E-state index in [2.05, 4.69) is 36.1 Å². The number of hydrogen-bond acceptors (Lipinski definition) is 4. The van der Waals surface area contributed by atoms with Gasteiger partial charge in [0, 0.05) is 0 Å². The van der Waals surface area contributed by atoms with Gasteiger partial charge in [-0.25, -0.2) is 0 Å². The summed E-state index contributed by atoms with van der Waals surface area (Å²) in [4.78, 5) is 17.7. The maximum absolute atomic E-state index is 12.6. The molecule has 2 heterocycles. The first-order chi connectivity index (χ1) is 13.1. The summed E-state index contributed by atoms with van der Waals surface area (Å²) in [6, 6.07) is 18.2. The molecule has 0 aliphatic rings. The zero-order valence-corrected chi connectivity index (χ0v) is 16.0. The molecule has 134 valence electrons. The molecule has 0 fully saturated rings. The normalized spacial score (nSPS) is 12.6. The van der Waals surface area contributed by atoms with Crippen LogP contribution >= 0.6 is 11.3 Å². The van der Waals surface area contributed by atoms with E-state index < -0.39 is 0 Å². The topological polar surface area (TPSA) is 47.3 Å². The SMILES string of the molecule is CC(C)c1ccc(C=c2sc3nc(C=Cc4ccccc4)nn3c2=O)cc1. The first kappa shape index (κ1) is 17.4. The molecule has 5 heteroatoms. The molecule has 2 aromatic carbocycles. The van der Waals surface area contributed by atoms with E-state index in [4.69, 9.17) is 0 Å². The predicted octanol–water partition coefficient (Wildman–Crippen LogP) is 3.99. The Morgan fingerprint density at radius 3 is 2.37 bits per heavy atom. The fourth-order valence-electron chi connectivity index (χ4n) is 2.78. The lowest BCUT2D eigenvalue weighted by Gasteiger charge is -2.04. The average molecular weight is 373 g/mol. The van der Waals surface area contributed by atoms with Gasteiger partial charge in [-0.1, -0.05) is 85.9 Å². The van der Waals surface area contributed by atoms with Crippen LogP contribution in [0.25, 0.3) is 23.2 Å². The quantitative estimate of drug-likeness (QED) is 0.543. The summed E-state index contributed by atoms with van der Waals surface area (Å²) in [5.74, 6) is 1.03. The van der Waals surface area contributed by atoms with Crippen LogP contribution in [0.5, 0.6) is 0 Å². The molecule has 2 aromatic heterocycles. The molecule has 0 saturated carbocycles. The molecule has 0 radical (unpaired) electrons. The van der Waals surface area contributed by atoms with Gasteiger partial charge in [-0.2, -0.15) is 9.50 Å². The van der Waals surface area contributed by atoms with Crippen molar-refractivity contribution in [3.05, 3.63) is 92.0 Å². The van der Waals surface area contributed by atoms with E-state index in [0.717, 1.165) is 11.1 Å². The summed E-state index contributed by atoms with van der Waals surface area (Å²) in [6.07, 6.45) is 5.66. The summed E-state index contributed by atoms with van der Waals surface area (Å²) in [7, 11) is 0. The van der Waals surface area contributed by atoms with Crippen LogP contribution in [-0.4, -0.2) is 14.6 Å². The van der Waals surface area contributed by atoms with E-state index >= 15 is 0 Å². The maximum Gasteiger partial charge on any atom is 0.291 e. The third-order valence-corrected chi connectivity index (χ3v) is 5.28. The molecular weight excluding hydrogens is 354 g/mol. The average Bonchev–Trinajstić information content (AvgIpc) is 3.20. The molecule has 0 unspecified atom stereocenters. The monoisotopic (exact) mass is 373 g/mol. The van der Waals surface area contributed by atoms with Crippen molar-refractivity contribution >= 4 is 34.5 Å². The van der Waals surface area contributed by atoms with Gasteiger partial charge in [-0.3, -0.25) is 4.79 Å². The number of fused-ring (bicyclic) bond motifs is 1. The molecule has 4 nitrogen and oxygen atoms in total. The highest BCUT2D eigenvalue weighted by molar-refractivity contribution is 7.15. The molecule has 0 bridgehead atoms. The van der Waals surface area contributed by atoms with Crippen LogP contribution in [0.4, 0.5) is 0 Å². The maximum atomic E-state index is 12.6. The van der Waals surface area contributed by atoms with Crippen LogP contribution in [0, 0.1) is 0 Å². The molecule has 4 rings (SSSR count). The van der Waals surface area contributed by atoms with Crippen molar-refractivity contribution < 1.29 is 0 Å². The number of thiazole rings is 1. The molecule has 27 heavy (non-hydrogen) atoms. The van der Waals surface area contributed by atoms with Gasteiger partial charge in [0.15, 0.2) is 5.82 Å². The van der Waals surface area contributed by atoms with Gasteiger partial charge in [0.05, 0.1) is 4.53 Å². The largest absolute Gasteiger partial charge is 0.291 e. The molecule has 0 N–H and O–H groups in total. The molecule has 0 atom stereocenters. The molecule has 0 aliphatic heterocycles. The molecule has 0 saturated heterocycles. The first-order valence-corrected chi connectivity index (χ1v) is 9.66. The lowest BCUT2D eigenvalue weighted by molar-refractivity contribution is 0.866. The van der Waals surface area contributed by atoms with Crippen LogP contribution in [0.15, 0.2) is 59.4 Å². The van der Waals surface area contributed by atoms with Gasteiger partial charge < -0.3 is 0 Å². The Morgan fingerprint density at radius 1 is 0.963 bits per heavy atom. The summed E-state index contributed by atoms with van der Waals surface area (Å²) in [5.41, 5.74) is 3.23. The minimum absolute atomic E-state index is 0.130. The Kier molecular flexibility index (Phi) is 4.69. The number of nitrogens with zero attached hydrogens (tertiary/aromatic N) is 3. The van der Waals surface area contributed by atoms with Crippen molar-refractivity contribution in [2.75, 3.05) is 0 Å². The van der Waals surface area contributed by atoms with Gasteiger partial charge in [-0.15, -0.1) is 5.10 Å². The number of aromatic nitrogens is 3. The lowest BCUT2D eigenvalue weighted by atomic mass is 10.0. The molecule has 4 aromatic rings. The molecular formula is C22H19N3OS. The van der Waals surface area contributed by atoms with E-state index in [1.807, 2.05) is 60.7 Å². The number of rotatable bonds is 4. The van der Waals surface area contributed by atoms with Crippen LogP contribution < -0.4 is 10.1 Å². The van der Waals surface area contributed by atoms with Crippen molar-refractivity contribution in [3.63, 3.8) is 0 Å². The third-order valence-electron chi connectivity index (χ3n) is 4.32. The Balaban J connectivity index is 1.64. The Hall–Kier alpha value is -3.05. The first-order valence-electron chi connectivity index (χ1n) is 8.84. The van der Waals surface area contributed by atoms with Crippen LogP contribution in [0.1, 0.15) is 42.3 Å². The summed E-state index contributed by atoms with van der Waals surface area (Å²) in [6.45, 7) is 4.33. The molecule has 0 spiro atoms. The summed E-state index contributed by atoms with van der Waals surface area (Å²) < 4.78 is 2.02. The van der Waals surface area contributed by atoms with E-state index in [9.17, 15) is 4.79 Å². The van der Waals surface area contributed by atoms with Gasteiger partial charge in [0.2, 0.25) is 4.96 Å². The number of hydrogen-bond donors (Lipinski definition) is 0. The van der Waals surface area contributed by atoms with Crippen molar-refractivity contribution in [2.24, 2.45) is 0 Å². The van der Waals surface area contributed by atoms with E-state index in [-0.39, 0.29) is 5.56 Å². The fraction of sp³-hybridized carbons (Fsp3) is 0.136. The second-order valence-corrected chi connectivity index (χ2v) is 7.65. The van der Waals surface area contributed by atoms with Crippen LogP contribution in [0.3, 0.4) is 0 Å². The van der Waals surface area contributed by atoms with Crippen molar-refractivity contribution in [1.29, 1.82) is 0 Å². The van der Waals surface area contributed by atoms with Gasteiger partial charge in [-0.05, 0) is 34.8 Å². The smallest absolute Gasteiger partial charge is 0.266 e. The summed E-state index contributed by atoms with van der Waals surface area (Å²) in [5, 5.41) is 4.32. The van der Waals surface area contributed by atoms with E-state index in [0.29, 0.717) is 21.2 Å².